The van der Waals surface area contributed by atoms with Gasteiger partial charge in [0.1, 0.15) is 5.78 Å². The number of fused-ring (bicyclic) bond motifs is 1. The van der Waals surface area contributed by atoms with Crippen LogP contribution in [0, 0.1) is 12.8 Å². The number of hydrogen-bond acceptors (Lipinski definition) is 2. The number of rotatable bonds is 6. The molecule has 1 aromatic heterocycles. The van der Waals surface area contributed by atoms with Crippen LogP contribution in [0.5, 0.6) is 0 Å². The van der Waals surface area contributed by atoms with Gasteiger partial charge in [0.05, 0.1) is 0 Å². The molecule has 27 heavy (non-hydrogen) atoms. The number of piperidine rings is 1. The van der Waals surface area contributed by atoms with E-state index in [1.54, 1.807) is 0 Å². The number of nitrogens with one attached hydrogen (secondary N) is 1. The minimum absolute atomic E-state index is 0.361. The first-order chi connectivity index (χ1) is 13.2. The number of carbonyl (C=O) groups excluding carboxylic acids is 1. The van der Waals surface area contributed by atoms with Crippen LogP contribution in [-0.2, 0) is 17.8 Å². The zero-order valence-electron chi connectivity index (χ0n) is 16.1. The lowest BCUT2D eigenvalue weighted by Crippen LogP contribution is -2.34. The Balaban J connectivity index is 1.26. The van der Waals surface area contributed by atoms with Crippen molar-refractivity contribution in [1.29, 1.82) is 0 Å². The lowest BCUT2D eigenvalue weighted by Gasteiger charge is -2.31. The molecule has 3 aromatic rings. The SMILES string of the molecule is Cc1ccc2cc(CC(=O)CC3CCN(Cc4ccccc4)CC3)[nH]c2c1. The maximum atomic E-state index is 12.6. The summed E-state index contributed by atoms with van der Waals surface area (Å²) in [5.74, 6) is 0.899. The first-order valence-electron chi connectivity index (χ1n) is 10.0. The van der Waals surface area contributed by atoms with Crippen molar-refractivity contribution in [2.24, 2.45) is 5.92 Å². The molecule has 3 heteroatoms. The molecular weight excluding hydrogens is 332 g/mol. The number of carbonyl (C=O) groups is 1. The van der Waals surface area contributed by atoms with Gasteiger partial charge in [-0.25, -0.2) is 0 Å². The van der Waals surface area contributed by atoms with Crippen molar-refractivity contribution in [1.82, 2.24) is 9.88 Å². The Kier molecular flexibility index (Phi) is 5.40. The lowest BCUT2D eigenvalue weighted by molar-refractivity contribution is -0.119. The van der Waals surface area contributed by atoms with Crippen LogP contribution >= 0.6 is 0 Å². The van der Waals surface area contributed by atoms with Gasteiger partial charge in [-0.3, -0.25) is 9.69 Å². The highest BCUT2D eigenvalue weighted by Crippen LogP contribution is 2.23. The van der Waals surface area contributed by atoms with Crippen LogP contribution < -0.4 is 0 Å². The molecule has 0 amide bonds. The van der Waals surface area contributed by atoms with Crippen LogP contribution in [0.2, 0.25) is 0 Å². The summed E-state index contributed by atoms with van der Waals surface area (Å²) in [4.78, 5) is 18.5. The Morgan fingerprint density at radius 1 is 1.07 bits per heavy atom. The summed E-state index contributed by atoms with van der Waals surface area (Å²) in [7, 11) is 0. The number of benzene rings is 2. The van der Waals surface area contributed by atoms with E-state index in [-0.39, 0.29) is 0 Å². The van der Waals surface area contributed by atoms with Crippen LogP contribution in [0.25, 0.3) is 10.9 Å². The predicted octanol–water partition coefficient (Wildman–Crippen LogP) is 4.89. The number of aromatic nitrogens is 1. The van der Waals surface area contributed by atoms with E-state index in [4.69, 9.17) is 0 Å². The molecule has 0 atom stereocenters. The van der Waals surface area contributed by atoms with E-state index in [1.165, 1.54) is 16.5 Å². The van der Waals surface area contributed by atoms with Gasteiger partial charge >= 0.3 is 0 Å². The highest BCUT2D eigenvalue weighted by atomic mass is 16.1. The minimum atomic E-state index is 0.361. The van der Waals surface area contributed by atoms with E-state index >= 15 is 0 Å². The fourth-order valence-electron chi connectivity index (χ4n) is 4.19. The quantitative estimate of drug-likeness (QED) is 0.679. The molecule has 0 spiro atoms. The van der Waals surface area contributed by atoms with Crippen LogP contribution in [0.1, 0.15) is 36.1 Å². The van der Waals surface area contributed by atoms with Crippen LogP contribution in [-0.4, -0.2) is 28.8 Å². The van der Waals surface area contributed by atoms with Crippen molar-refractivity contribution in [2.75, 3.05) is 13.1 Å². The highest BCUT2D eigenvalue weighted by Gasteiger charge is 2.21. The zero-order valence-corrected chi connectivity index (χ0v) is 16.1. The molecular formula is C24H28N2O. The summed E-state index contributed by atoms with van der Waals surface area (Å²) >= 11 is 0. The molecule has 2 aromatic carbocycles. The number of aryl methyl sites for hydroxylation is 1. The molecule has 0 bridgehead atoms. The molecule has 1 N–H and O–H groups in total. The number of hydrogen-bond donors (Lipinski definition) is 1. The third kappa shape index (κ3) is 4.67. The molecule has 140 valence electrons. The van der Waals surface area contributed by atoms with Gasteiger partial charge in [-0.15, -0.1) is 0 Å². The molecule has 0 unspecified atom stereocenters. The number of aromatic amines is 1. The lowest BCUT2D eigenvalue weighted by atomic mass is 9.90. The second-order valence-corrected chi connectivity index (χ2v) is 8.01. The molecule has 0 radical (unpaired) electrons. The second-order valence-electron chi connectivity index (χ2n) is 8.01. The van der Waals surface area contributed by atoms with Crippen molar-refractivity contribution in [3.8, 4) is 0 Å². The average molecular weight is 361 g/mol. The van der Waals surface area contributed by atoms with Gasteiger partial charge in [0.15, 0.2) is 0 Å². The number of ketones is 1. The number of nitrogens with zero attached hydrogens (tertiary/aromatic N) is 1. The Morgan fingerprint density at radius 2 is 1.85 bits per heavy atom. The molecule has 4 rings (SSSR count). The third-order valence-corrected chi connectivity index (χ3v) is 5.69. The van der Waals surface area contributed by atoms with E-state index in [1.807, 2.05) is 0 Å². The van der Waals surface area contributed by atoms with Gasteiger partial charge in [0.25, 0.3) is 0 Å². The topological polar surface area (TPSA) is 36.1 Å². The van der Waals surface area contributed by atoms with Crippen LogP contribution in [0.15, 0.2) is 54.6 Å². The van der Waals surface area contributed by atoms with Gasteiger partial charge in [-0.05, 0) is 67.4 Å². The Morgan fingerprint density at radius 3 is 2.63 bits per heavy atom. The maximum absolute atomic E-state index is 12.6. The van der Waals surface area contributed by atoms with Crippen molar-refractivity contribution in [3.05, 3.63) is 71.4 Å². The highest BCUT2D eigenvalue weighted by molar-refractivity contribution is 5.85. The van der Waals surface area contributed by atoms with Gasteiger partial charge in [-0.1, -0.05) is 42.5 Å². The van der Waals surface area contributed by atoms with Crippen LogP contribution in [0.4, 0.5) is 0 Å². The smallest absolute Gasteiger partial charge is 0.139 e. The number of likely N-dealkylation sites (tertiary alicyclic amines) is 1. The number of Topliss-reactive ketones (excluding diaryl/α,β-unsaturated/α-hetero) is 1. The monoisotopic (exact) mass is 360 g/mol. The fraction of sp³-hybridized carbons (Fsp3) is 0.375. The van der Waals surface area contributed by atoms with E-state index < -0.39 is 0 Å². The van der Waals surface area contributed by atoms with Crippen molar-refractivity contribution in [3.63, 3.8) is 0 Å². The molecule has 0 aliphatic carbocycles. The van der Waals surface area contributed by atoms with Gasteiger partial charge in [0, 0.05) is 30.6 Å². The summed E-state index contributed by atoms with van der Waals surface area (Å²) in [5, 5.41) is 1.19. The van der Waals surface area contributed by atoms with E-state index in [0.717, 1.165) is 43.7 Å². The van der Waals surface area contributed by atoms with Crippen molar-refractivity contribution >= 4 is 16.7 Å². The standard InChI is InChI=1S/C24H28N2O/c1-18-7-8-21-15-22(25-24(21)13-18)16-23(27)14-19-9-11-26(12-10-19)17-20-5-3-2-4-6-20/h2-8,13,15,19,25H,9-12,14,16-17H2,1H3. The van der Waals surface area contributed by atoms with Crippen molar-refractivity contribution < 1.29 is 4.79 Å². The molecule has 0 saturated carbocycles. The minimum Gasteiger partial charge on any atom is -0.358 e. The Hall–Kier alpha value is -2.39. The summed E-state index contributed by atoms with van der Waals surface area (Å²) in [6, 6.07) is 19.2. The largest absolute Gasteiger partial charge is 0.358 e. The van der Waals surface area contributed by atoms with E-state index in [9.17, 15) is 4.79 Å². The summed E-state index contributed by atoms with van der Waals surface area (Å²) < 4.78 is 0. The first kappa shape index (κ1) is 18.0. The third-order valence-electron chi connectivity index (χ3n) is 5.69. The summed E-state index contributed by atoms with van der Waals surface area (Å²) in [5.41, 5.74) is 4.79. The number of H-pyrrole nitrogens is 1. The maximum Gasteiger partial charge on any atom is 0.139 e. The Labute approximate surface area is 161 Å². The molecule has 1 fully saturated rings. The summed E-state index contributed by atoms with van der Waals surface area (Å²) in [6.07, 6.45) is 3.50. The molecule has 1 aliphatic heterocycles. The molecule has 3 nitrogen and oxygen atoms in total. The van der Waals surface area contributed by atoms with Gasteiger partial charge in [0.2, 0.25) is 0 Å². The average Bonchev–Trinajstić information content (AvgIpc) is 3.05. The Bertz CT molecular complexity index is 905. The molecule has 1 saturated heterocycles. The van der Waals surface area contributed by atoms with Crippen LogP contribution in [0.3, 0.4) is 0 Å². The van der Waals surface area contributed by atoms with Gasteiger partial charge in [-0.2, -0.15) is 0 Å². The molecule has 1 aliphatic rings. The normalized spacial score (nSPS) is 16.0. The predicted molar refractivity (Wildman–Crippen MR) is 111 cm³/mol. The first-order valence-corrected chi connectivity index (χ1v) is 10.0. The van der Waals surface area contributed by atoms with E-state index in [0.29, 0.717) is 24.5 Å². The second kappa shape index (κ2) is 8.10. The van der Waals surface area contributed by atoms with E-state index in [2.05, 4.69) is 71.4 Å². The van der Waals surface area contributed by atoms with Gasteiger partial charge < -0.3 is 4.98 Å². The summed E-state index contributed by atoms with van der Waals surface area (Å²) in [6.45, 7) is 5.31. The van der Waals surface area contributed by atoms with Crippen molar-refractivity contribution in [2.45, 2.75) is 39.2 Å². The zero-order chi connectivity index (χ0) is 18.6. The fourth-order valence-corrected chi connectivity index (χ4v) is 4.19. The molecule has 2 heterocycles.